The maximum absolute atomic E-state index is 7.78. The smallest absolute Gasteiger partial charge is 0.0843 e. The van der Waals surface area contributed by atoms with Gasteiger partial charge in [-0.15, -0.1) is 12.4 Å². The molecule has 0 radical (unpaired) electrons. The van der Waals surface area contributed by atoms with E-state index in [0.29, 0.717) is 18.5 Å². The van der Waals surface area contributed by atoms with Crippen LogP contribution in [0.25, 0.3) is 0 Å². The largest absolute Gasteiger partial charge is 0.306 e. The minimum Gasteiger partial charge on any atom is -0.306 e. The molecule has 2 nitrogen and oxygen atoms in total. The molecule has 0 unspecified atom stereocenters. The van der Waals surface area contributed by atoms with Crippen molar-refractivity contribution in [2.45, 2.75) is 12.5 Å². The van der Waals surface area contributed by atoms with E-state index in [4.69, 9.17) is 5.48 Å². The average Bonchev–Trinajstić information content (AvgIpc) is 2.28. The zero-order valence-corrected chi connectivity index (χ0v) is 7.82. The SMILES string of the molecule is Cl.[2H]c1nc([2H])c([C@@H]2CC=CCN2)c([2H])c1[2H]. The normalized spacial score (nSPS) is 25.1. The first-order chi connectivity index (χ1) is 7.61. The predicted molar refractivity (Wildman–Crippen MR) is 56.0 cm³/mol. The molecule has 0 fully saturated rings. The number of nitrogens with one attached hydrogen (secondary N) is 1. The van der Waals surface area contributed by atoms with Gasteiger partial charge in [0, 0.05) is 24.9 Å². The van der Waals surface area contributed by atoms with Gasteiger partial charge in [0.25, 0.3) is 0 Å². The Labute approximate surface area is 90.1 Å². The first-order valence-electron chi connectivity index (χ1n) is 5.94. The van der Waals surface area contributed by atoms with Crippen LogP contribution in [0.4, 0.5) is 0 Å². The molecule has 2 rings (SSSR count). The Bertz CT molecular complexity index is 450. The standard InChI is InChI=1S/C10H12N2.ClH/c1-2-7-12-10(5-1)9-4-3-6-11-8-9;/h1-4,6,8,10,12H,5,7H2;1H/t10-;/m0./s1/i3D,4D,6D,8D;. The summed E-state index contributed by atoms with van der Waals surface area (Å²) in [6.45, 7) is 0.694. The minimum absolute atomic E-state index is 0. The third kappa shape index (κ3) is 2.54. The van der Waals surface area contributed by atoms with E-state index >= 15 is 0 Å². The molecule has 0 bridgehead atoms. The van der Waals surface area contributed by atoms with E-state index in [1.165, 1.54) is 0 Å². The van der Waals surface area contributed by atoms with Gasteiger partial charge in [-0.2, -0.15) is 0 Å². The molecule has 0 saturated heterocycles. The lowest BCUT2D eigenvalue weighted by atomic mass is 10.0. The molecular formula is C10H13ClN2. The zero-order valence-electron chi connectivity index (χ0n) is 11.0. The highest BCUT2D eigenvalue weighted by atomic mass is 35.5. The Morgan fingerprint density at radius 2 is 2.46 bits per heavy atom. The summed E-state index contributed by atoms with van der Waals surface area (Å²) in [5.74, 6) is 0. The molecule has 70 valence electrons. The number of halogens is 1. The van der Waals surface area contributed by atoms with Gasteiger partial charge in [-0.25, -0.2) is 0 Å². The summed E-state index contributed by atoms with van der Waals surface area (Å²) >= 11 is 0. The van der Waals surface area contributed by atoms with Crippen LogP contribution in [0.5, 0.6) is 0 Å². The first kappa shape index (κ1) is 5.78. The van der Waals surface area contributed by atoms with E-state index < -0.39 is 0 Å². The molecule has 0 aliphatic carbocycles. The van der Waals surface area contributed by atoms with Crippen LogP contribution >= 0.6 is 12.4 Å². The molecule has 0 aromatic carbocycles. The number of rotatable bonds is 1. The molecule has 3 heteroatoms. The van der Waals surface area contributed by atoms with Crippen molar-refractivity contribution in [3.8, 4) is 0 Å². The molecule has 0 amide bonds. The highest BCUT2D eigenvalue weighted by Gasteiger charge is 2.10. The van der Waals surface area contributed by atoms with Crippen LogP contribution in [-0.2, 0) is 0 Å². The maximum Gasteiger partial charge on any atom is 0.0843 e. The topological polar surface area (TPSA) is 24.9 Å². The van der Waals surface area contributed by atoms with Crippen molar-refractivity contribution in [2.75, 3.05) is 6.54 Å². The Morgan fingerprint density at radius 3 is 3.23 bits per heavy atom. The number of pyridine rings is 1. The molecule has 1 aliphatic rings. The lowest BCUT2D eigenvalue weighted by molar-refractivity contribution is 0.553. The summed E-state index contributed by atoms with van der Waals surface area (Å²) < 4.78 is 30.3. The Hall–Kier alpha value is -0.860. The van der Waals surface area contributed by atoms with Crippen molar-refractivity contribution in [3.63, 3.8) is 0 Å². The number of hydrogen-bond acceptors (Lipinski definition) is 2. The van der Waals surface area contributed by atoms with E-state index in [2.05, 4.69) is 10.3 Å². The maximum atomic E-state index is 7.78. The predicted octanol–water partition coefficient (Wildman–Crippen LogP) is 2.09. The highest BCUT2D eigenvalue weighted by Crippen LogP contribution is 2.17. The quantitative estimate of drug-likeness (QED) is 0.703. The van der Waals surface area contributed by atoms with E-state index in [1.54, 1.807) is 0 Å². The van der Waals surface area contributed by atoms with Crippen LogP contribution in [-0.4, -0.2) is 11.5 Å². The average molecular weight is 201 g/mol. The van der Waals surface area contributed by atoms with Crippen LogP contribution in [0.2, 0.25) is 0 Å². The summed E-state index contributed by atoms with van der Waals surface area (Å²) in [4.78, 5) is 3.67. The van der Waals surface area contributed by atoms with Gasteiger partial charge in [-0.05, 0) is 18.0 Å². The second-order valence-electron chi connectivity index (χ2n) is 2.67. The third-order valence-electron chi connectivity index (χ3n) is 1.85. The number of aromatic nitrogens is 1. The summed E-state index contributed by atoms with van der Waals surface area (Å²) in [5, 5.41) is 3.15. The van der Waals surface area contributed by atoms with Gasteiger partial charge < -0.3 is 5.32 Å². The van der Waals surface area contributed by atoms with Gasteiger partial charge in [-0.1, -0.05) is 18.2 Å². The lowest BCUT2D eigenvalue weighted by Gasteiger charge is -2.19. The molecular weight excluding hydrogens is 184 g/mol. The van der Waals surface area contributed by atoms with Crippen molar-refractivity contribution in [2.24, 2.45) is 0 Å². The van der Waals surface area contributed by atoms with E-state index in [0.717, 1.165) is 0 Å². The minimum atomic E-state index is -0.301. The van der Waals surface area contributed by atoms with Crippen LogP contribution in [0.15, 0.2) is 36.6 Å². The molecule has 1 N–H and O–H groups in total. The van der Waals surface area contributed by atoms with Crippen molar-refractivity contribution in [1.29, 1.82) is 0 Å². The van der Waals surface area contributed by atoms with Crippen molar-refractivity contribution in [3.05, 3.63) is 42.1 Å². The highest BCUT2D eigenvalue weighted by molar-refractivity contribution is 5.85. The summed E-state index contributed by atoms with van der Waals surface area (Å²) in [5.41, 5.74) is 0.422. The molecule has 0 saturated carbocycles. The van der Waals surface area contributed by atoms with Crippen molar-refractivity contribution < 1.29 is 5.48 Å². The zero-order chi connectivity index (χ0) is 11.7. The monoisotopic (exact) mass is 200 g/mol. The van der Waals surface area contributed by atoms with Gasteiger partial charge in [0.2, 0.25) is 0 Å². The number of nitrogens with zero attached hydrogens (tertiary/aromatic N) is 1. The fraction of sp³-hybridized carbons (Fsp3) is 0.300. The van der Waals surface area contributed by atoms with Crippen LogP contribution in [0, 0.1) is 0 Å². The van der Waals surface area contributed by atoms with Gasteiger partial charge in [0.15, 0.2) is 0 Å². The van der Waals surface area contributed by atoms with Crippen molar-refractivity contribution in [1.82, 2.24) is 10.3 Å². The molecule has 1 aliphatic heterocycles. The molecule has 13 heavy (non-hydrogen) atoms. The molecule has 1 atom stereocenters. The fourth-order valence-corrected chi connectivity index (χ4v) is 1.23. The molecule has 0 spiro atoms. The van der Waals surface area contributed by atoms with E-state index in [9.17, 15) is 0 Å². The van der Waals surface area contributed by atoms with Crippen LogP contribution in [0.3, 0.4) is 0 Å². The Kier molecular flexibility index (Phi) is 2.22. The first-order valence-corrected chi connectivity index (χ1v) is 3.94. The second-order valence-corrected chi connectivity index (χ2v) is 2.67. The molecule has 1 aromatic heterocycles. The third-order valence-corrected chi connectivity index (χ3v) is 1.85. The van der Waals surface area contributed by atoms with Crippen molar-refractivity contribution >= 4 is 12.4 Å². The lowest BCUT2D eigenvalue weighted by Crippen LogP contribution is -2.23. The van der Waals surface area contributed by atoms with Gasteiger partial charge in [0.05, 0.1) is 5.48 Å². The molecule has 1 aromatic rings. The van der Waals surface area contributed by atoms with Gasteiger partial charge in [-0.3, -0.25) is 4.98 Å². The summed E-state index contributed by atoms with van der Waals surface area (Å²) in [7, 11) is 0. The summed E-state index contributed by atoms with van der Waals surface area (Å²) in [6, 6.07) is -0.401. The van der Waals surface area contributed by atoms with Gasteiger partial charge in [0.1, 0.15) is 0 Å². The van der Waals surface area contributed by atoms with Crippen LogP contribution in [0.1, 0.15) is 23.5 Å². The van der Waals surface area contributed by atoms with E-state index in [1.807, 2.05) is 12.2 Å². The van der Waals surface area contributed by atoms with Crippen LogP contribution < -0.4 is 5.32 Å². The second kappa shape index (κ2) is 5.00. The Morgan fingerprint density at radius 1 is 1.54 bits per heavy atom. The fourth-order valence-electron chi connectivity index (χ4n) is 1.23. The molecule has 2 heterocycles. The Balaban J connectivity index is 0.00000144. The van der Waals surface area contributed by atoms with Gasteiger partial charge >= 0.3 is 0 Å². The number of hydrogen-bond donors (Lipinski definition) is 1. The van der Waals surface area contributed by atoms with E-state index in [-0.39, 0.29) is 42.9 Å². The summed E-state index contributed by atoms with van der Waals surface area (Å²) in [6.07, 6.45) is 4.29.